The van der Waals surface area contributed by atoms with Gasteiger partial charge >= 0.3 is 0 Å². The lowest BCUT2D eigenvalue weighted by Crippen LogP contribution is -2.42. The molecule has 31 heavy (non-hydrogen) atoms. The molecule has 2 amide bonds. The van der Waals surface area contributed by atoms with Crippen LogP contribution in [0, 0.1) is 18.3 Å². The molecule has 0 radical (unpaired) electrons. The van der Waals surface area contributed by atoms with Crippen molar-refractivity contribution in [2.45, 2.75) is 25.8 Å². The third-order valence-electron chi connectivity index (χ3n) is 5.35. The molecule has 1 fully saturated rings. The second kappa shape index (κ2) is 8.78. The van der Waals surface area contributed by atoms with E-state index in [1.165, 1.54) is 16.7 Å². The predicted molar refractivity (Wildman–Crippen MR) is 116 cm³/mol. The van der Waals surface area contributed by atoms with E-state index in [2.05, 4.69) is 21.5 Å². The molecule has 1 N–H and O–H groups in total. The Labute approximate surface area is 183 Å². The van der Waals surface area contributed by atoms with E-state index in [9.17, 15) is 9.59 Å². The fourth-order valence-corrected chi connectivity index (χ4v) is 4.64. The molecule has 0 bridgehead atoms. The molecule has 0 spiro atoms. The SMILES string of the molecule is Cc1cc([C@@H](C)c2ccc3nccc(C(=O)NCC(=O)N4CSC[C@H]4C#N)c3c2)no1. The average Bonchev–Trinajstić information content (AvgIpc) is 3.44. The molecule has 0 aliphatic carbocycles. The van der Waals surface area contributed by atoms with E-state index >= 15 is 0 Å². The number of nitrogens with zero attached hydrogens (tertiary/aromatic N) is 4. The summed E-state index contributed by atoms with van der Waals surface area (Å²) in [5, 5.41) is 16.6. The van der Waals surface area contributed by atoms with Gasteiger partial charge in [0.15, 0.2) is 0 Å². The van der Waals surface area contributed by atoms with E-state index in [1.54, 1.807) is 12.3 Å². The van der Waals surface area contributed by atoms with Crippen LogP contribution >= 0.6 is 11.8 Å². The number of hydrogen-bond donors (Lipinski definition) is 1. The number of aryl methyl sites for hydroxylation is 1. The molecule has 1 aliphatic rings. The largest absolute Gasteiger partial charge is 0.361 e. The van der Waals surface area contributed by atoms with Crippen molar-refractivity contribution in [2.75, 3.05) is 18.2 Å². The number of thioether (sulfide) groups is 1. The Morgan fingerprint density at radius 1 is 1.39 bits per heavy atom. The van der Waals surface area contributed by atoms with Crippen LogP contribution in [0.15, 0.2) is 41.1 Å². The van der Waals surface area contributed by atoms with Gasteiger partial charge in [0.05, 0.1) is 35.3 Å². The number of carbonyl (C=O) groups is 2. The topological polar surface area (TPSA) is 112 Å². The minimum atomic E-state index is -0.444. The Morgan fingerprint density at radius 2 is 2.23 bits per heavy atom. The molecule has 3 heterocycles. The number of benzene rings is 1. The maximum Gasteiger partial charge on any atom is 0.252 e. The van der Waals surface area contributed by atoms with E-state index in [-0.39, 0.29) is 24.3 Å². The first-order chi connectivity index (χ1) is 15.0. The molecule has 0 unspecified atom stereocenters. The van der Waals surface area contributed by atoms with Crippen LogP contribution in [0.5, 0.6) is 0 Å². The van der Waals surface area contributed by atoms with Gasteiger partial charge in [0.25, 0.3) is 5.91 Å². The number of hydrogen-bond acceptors (Lipinski definition) is 7. The first kappa shape index (κ1) is 20.9. The lowest BCUT2D eigenvalue weighted by molar-refractivity contribution is -0.129. The van der Waals surface area contributed by atoms with Crippen molar-refractivity contribution < 1.29 is 14.1 Å². The number of nitriles is 1. The number of aromatic nitrogens is 2. The normalized spacial score (nSPS) is 16.8. The molecule has 3 aromatic rings. The standard InChI is InChI=1S/C22H21N5O3S/c1-13-7-20(26-30-13)14(2)15-3-4-19-18(8-15)17(5-6-24-19)22(29)25-10-21(28)27-12-31-11-16(27)9-23/h3-8,14,16H,10-12H2,1-2H3,(H,25,29)/t14-,16+/m0/s1. The molecule has 0 saturated carbocycles. The summed E-state index contributed by atoms with van der Waals surface area (Å²) in [6, 6.07) is 11.0. The van der Waals surface area contributed by atoms with Gasteiger partial charge in [-0.2, -0.15) is 5.26 Å². The van der Waals surface area contributed by atoms with Crippen molar-refractivity contribution >= 4 is 34.5 Å². The number of amides is 2. The summed E-state index contributed by atoms with van der Waals surface area (Å²) in [6.45, 7) is 3.71. The van der Waals surface area contributed by atoms with Crippen molar-refractivity contribution in [3.8, 4) is 6.07 Å². The first-order valence-corrected chi connectivity index (χ1v) is 11.0. The Morgan fingerprint density at radius 3 is 2.97 bits per heavy atom. The molecule has 1 saturated heterocycles. The lowest BCUT2D eigenvalue weighted by atomic mass is 9.95. The summed E-state index contributed by atoms with van der Waals surface area (Å²) in [6.07, 6.45) is 1.58. The Balaban J connectivity index is 1.55. The number of nitrogens with one attached hydrogen (secondary N) is 1. The van der Waals surface area contributed by atoms with Crippen LogP contribution < -0.4 is 5.32 Å². The molecule has 158 valence electrons. The number of pyridine rings is 1. The second-order valence-electron chi connectivity index (χ2n) is 7.41. The maximum absolute atomic E-state index is 12.9. The van der Waals surface area contributed by atoms with E-state index < -0.39 is 6.04 Å². The average molecular weight is 436 g/mol. The summed E-state index contributed by atoms with van der Waals surface area (Å²) < 4.78 is 5.18. The highest BCUT2D eigenvalue weighted by molar-refractivity contribution is 7.99. The van der Waals surface area contributed by atoms with Gasteiger partial charge in [-0.15, -0.1) is 11.8 Å². The van der Waals surface area contributed by atoms with Crippen molar-refractivity contribution in [3.63, 3.8) is 0 Å². The Kier molecular flexibility index (Phi) is 5.91. The maximum atomic E-state index is 12.9. The zero-order chi connectivity index (χ0) is 22.0. The number of fused-ring (bicyclic) bond motifs is 1. The van der Waals surface area contributed by atoms with Crippen molar-refractivity contribution in [1.29, 1.82) is 5.26 Å². The minimum absolute atomic E-state index is 0.0184. The monoisotopic (exact) mass is 435 g/mol. The Hall–Kier alpha value is -3.38. The van der Waals surface area contributed by atoms with Crippen molar-refractivity contribution in [3.05, 3.63) is 59.1 Å². The van der Waals surface area contributed by atoms with Crippen LogP contribution in [0.4, 0.5) is 0 Å². The molecular formula is C22H21N5O3S. The molecule has 2 atom stereocenters. The van der Waals surface area contributed by atoms with Crippen LogP contribution in [-0.2, 0) is 4.79 Å². The quantitative estimate of drug-likeness (QED) is 0.656. The highest BCUT2D eigenvalue weighted by Crippen LogP contribution is 2.28. The van der Waals surface area contributed by atoms with E-state index in [0.29, 0.717) is 28.1 Å². The van der Waals surface area contributed by atoms with E-state index in [0.717, 1.165) is 17.0 Å². The zero-order valence-electron chi connectivity index (χ0n) is 17.2. The minimum Gasteiger partial charge on any atom is -0.361 e. The summed E-state index contributed by atoms with van der Waals surface area (Å²) in [4.78, 5) is 31.2. The van der Waals surface area contributed by atoms with Crippen LogP contribution in [0.25, 0.3) is 10.9 Å². The smallest absolute Gasteiger partial charge is 0.252 e. The van der Waals surface area contributed by atoms with Crippen LogP contribution in [0.3, 0.4) is 0 Å². The van der Waals surface area contributed by atoms with E-state index in [1.807, 2.05) is 38.1 Å². The molecule has 1 aliphatic heterocycles. The summed E-state index contributed by atoms with van der Waals surface area (Å²) in [7, 11) is 0. The van der Waals surface area contributed by atoms with Gasteiger partial charge in [-0.25, -0.2) is 0 Å². The third kappa shape index (κ3) is 4.25. The molecule has 8 nitrogen and oxygen atoms in total. The summed E-state index contributed by atoms with van der Waals surface area (Å²) in [5.41, 5.74) is 2.92. The summed E-state index contributed by atoms with van der Waals surface area (Å²) in [5.74, 6) is 1.16. The van der Waals surface area contributed by atoms with Gasteiger partial charge in [0, 0.05) is 29.3 Å². The van der Waals surface area contributed by atoms with Gasteiger partial charge in [-0.3, -0.25) is 14.6 Å². The molecule has 9 heteroatoms. The molecule has 1 aromatic carbocycles. The van der Waals surface area contributed by atoms with Crippen LogP contribution in [0.1, 0.15) is 40.2 Å². The van der Waals surface area contributed by atoms with Gasteiger partial charge < -0.3 is 14.7 Å². The van der Waals surface area contributed by atoms with Crippen molar-refractivity contribution in [2.24, 2.45) is 0 Å². The fraction of sp³-hybridized carbons (Fsp3) is 0.318. The third-order valence-corrected chi connectivity index (χ3v) is 6.36. The highest BCUT2D eigenvalue weighted by Gasteiger charge is 2.29. The first-order valence-electron chi connectivity index (χ1n) is 9.85. The number of rotatable bonds is 5. The fourth-order valence-electron chi connectivity index (χ4n) is 3.54. The molecule has 2 aromatic heterocycles. The van der Waals surface area contributed by atoms with Crippen LogP contribution in [-0.4, -0.2) is 51.1 Å². The molecule has 4 rings (SSSR count). The van der Waals surface area contributed by atoms with Crippen molar-refractivity contribution in [1.82, 2.24) is 20.4 Å². The number of carbonyl (C=O) groups excluding carboxylic acids is 2. The van der Waals surface area contributed by atoms with Gasteiger partial charge in [0.1, 0.15) is 11.8 Å². The summed E-state index contributed by atoms with van der Waals surface area (Å²) >= 11 is 1.53. The van der Waals surface area contributed by atoms with Gasteiger partial charge in [-0.1, -0.05) is 18.1 Å². The predicted octanol–water partition coefficient (Wildman–Crippen LogP) is 2.84. The van der Waals surface area contributed by atoms with Crippen LogP contribution in [0.2, 0.25) is 0 Å². The lowest BCUT2D eigenvalue weighted by Gasteiger charge is -2.18. The van der Waals surface area contributed by atoms with Gasteiger partial charge in [-0.05, 0) is 30.7 Å². The Bertz CT molecular complexity index is 1190. The van der Waals surface area contributed by atoms with Gasteiger partial charge in [0.2, 0.25) is 5.91 Å². The molecular weight excluding hydrogens is 414 g/mol. The zero-order valence-corrected chi connectivity index (χ0v) is 18.0. The highest BCUT2D eigenvalue weighted by atomic mass is 32.2. The second-order valence-corrected chi connectivity index (χ2v) is 8.41. The van der Waals surface area contributed by atoms with E-state index in [4.69, 9.17) is 9.78 Å².